The number of carbonyl (C=O) groups excluding carboxylic acids is 1. The highest BCUT2D eigenvalue weighted by Gasteiger charge is 2.21. The molecule has 1 aliphatic heterocycles. The second-order valence-corrected chi connectivity index (χ2v) is 5.46. The highest BCUT2D eigenvalue weighted by molar-refractivity contribution is 5.76. The predicted octanol–water partition coefficient (Wildman–Crippen LogP) is 1.56. The van der Waals surface area contributed by atoms with Gasteiger partial charge in [-0.3, -0.25) is 4.79 Å². The second-order valence-electron chi connectivity index (χ2n) is 5.46. The third-order valence-electron chi connectivity index (χ3n) is 3.95. The zero-order valence-corrected chi connectivity index (χ0v) is 12.5. The Balaban J connectivity index is 1.78. The Morgan fingerprint density at radius 1 is 1.10 bits per heavy atom. The third-order valence-corrected chi connectivity index (χ3v) is 3.95. The molecule has 0 spiro atoms. The fourth-order valence-corrected chi connectivity index (χ4v) is 2.68. The summed E-state index contributed by atoms with van der Waals surface area (Å²) >= 11 is 0. The van der Waals surface area contributed by atoms with Gasteiger partial charge >= 0.3 is 0 Å². The molecule has 0 aliphatic carbocycles. The molecule has 5 nitrogen and oxygen atoms in total. The summed E-state index contributed by atoms with van der Waals surface area (Å²) in [5, 5.41) is 9.87. The summed E-state index contributed by atoms with van der Waals surface area (Å²) in [6.07, 6.45) is 3.57. The second kappa shape index (κ2) is 7.88. The fourth-order valence-electron chi connectivity index (χ4n) is 2.68. The standard InChI is InChI=1S/C16H25N3O2/c17-9-5-1-2-8-16(21)19-12-10-18(11-13-19)14-6-3-4-7-15(14)20/h3-4,6-7,20H,1-2,5,8-13,17H2. The number of unbranched alkanes of at least 4 members (excludes halogenated alkanes) is 2. The summed E-state index contributed by atoms with van der Waals surface area (Å²) in [6, 6.07) is 7.36. The smallest absolute Gasteiger partial charge is 0.222 e. The number of carbonyl (C=O) groups is 1. The first-order chi connectivity index (χ1) is 10.2. The van der Waals surface area contributed by atoms with Crippen molar-refractivity contribution in [1.29, 1.82) is 0 Å². The fraction of sp³-hybridized carbons (Fsp3) is 0.562. The molecule has 0 unspecified atom stereocenters. The van der Waals surface area contributed by atoms with Crippen molar-refractivity contribution in [3.8, 4) is 5.75 Å². The Bertz CT molecular complexity index is 457. The van der Waals surface area contributed by atoms with Gasteiger partial charge in [-0.15, -0.1) is 0 Å². The number of para-hydroxylation sites is 2. The minimum atomic E-state index is 0.240. The number of nitrogens with two attached hydrogens (primary N) is 1. The van der Waals surface area contributed by atoms with Gasteiger partial charge in [0.05, 0.1) is 5.69 Å². The molecular formula is C16H25N3O2. The van der Waals surface area contributed by atoms with E-state index in [0.717, 1.165) is 51.1 Å². The van der Waals surface area contributed by atoms with Gasteiger partial charge in [0.15, 0.2) is 0 Å². The van der Waals surface area contributed by atoms with Crippen molar-refractivity contribution in [2.45, 2.75) is 25.7 Å². The Hall–Kier alpha value is -1.75. The van der Waals surface area contributed by atoms with Crippen molar-refractivity contribution in [2.75, 3.05) is 37.6 Å². The molecule has 2 rings (SSSR count). The average Bonchev–Trinajstić information content (AvgIpc) is 2.52. The zero-order chi connectivity index (χ0) is 15.1. The number of anilines is 1. The lowest BCUT2D eigenvalue weighted by molar-refractivity contribution is -0.131. The SMILES string of the molecule is NCCCCCC(=O)N1CCN(c2ccccc2O)CC1. The topological polar surface area (TPSA) is 69.8 Å². The van der Waals surface area contributed by atoms with Gasteiger partial charge in [-0.1, -0.05) is 18.6 Å². The summed E-state index contributed by atoms with van der Waals surface area (Å²) < 4.78 is 0. The highest BCUT2D eigenvalue weighted by Crippen LogP contribution is 2.27. The molecular weight excluding hydrogens is 266 g/mol. The average molecular weight is 291 g/mol. The minimum Gasteiger partial charge on any atom is -0.506 e. The molecule has 0 radical (unpaired) electrons. The molecule has 1 amide bonds. The van der Waals surface area contributed by atoms with Gasteiger partial charge in [0.25, 0.3) is 0 Å². The minimum absolute atomic E-state index is 0.240. The van der Waals surface area contributed by atoms with Crippen LogP contribution in [0.4, 0.5) is 5.69 Å². The van der Waals surface area contributed by atoms with E-state index in [1.807, 2.05) is 23.1 Å². The van der Waals surface area contributed by atoms with Crippen LogP contribution in [0.3, 0.4) is 0 Å². The molecule has 5 heteroatoms. The van der Waals surface area contributed by atoms with Crippen LogP contribution in [-0.4, -0.2) is 48.6 Å². The van der Waals surface area contributed by atoms with Crippen LogP contribution < -0.4 is 10.6 Å². The van der Waals surface area contributed by atoms with Gasteiger partial charge in [-0.05, 0) is 31.5 Å². The number of hydrogen-bond acceptors (Lipinski definition) is 4. The Morgan fingerprint density at radius 3 is 2.48 bits per heavy atom. The van der Waals surface area contributed by atoms with Crippen LogP contribution in [0.15, 0.2) is 24.3 Å². The van der Waals surface area contributed by atoms with Gasteiger partial charge in [0.1, 0.15) is 5.75 Å². The van der Waals surface area contributed by atoms with Crippen molar-refractivity contribution in [2.24, 2.45) is 5.73 Å². The molecule has 0 saturated carbocycles. The lowest BCUT2D eigenvalue weighted by Gasteiger charge is -2.36. The van der Waals surface area contributed by atoms with Crippen LogP contribution in [0.1, 0.15) is 25.7 Å². The molecule has 0 aromatic heterocycles. The van der Waals surface area contributed by atoms with Crippen LogP contribution in [0.2, 0.25) is 0 Å². The summed E-state index contributed by atoms with van der Waals surface area (Å²) in [5.41, 5.74) is 6.30. The maximum absolute atomic E-state index is 12.1. The van der Waals surface area contributed by atoms with E-state index in [0.29, 0.717) is 18.7 Å². The Morgan fingerprint density at radius 2 is 1.81 bits per heavy atom. The van der Waals surface area contributed by atoms with Crippen molar-refractivity contribution >= 4 is 11.6 Å². The van der Waals surface area contributed by atoms with Crippen molar-refractivity contribution in [1.82, 2.24) is 4.90 Å². The predicted molar refractivity (Wildman–Crippen MR) is 84.4 cm³/mol. The monoisotopic (exact) mass is 291 g/mol. The van der Waals surface area contributed by atoms with Crippen LogP contribution in [0.5, 0.6) is 5.75 Å². The lowest BCUT2D eigenvalue weighted by atomic mass is 10.1. The molecule has 21 heavy (non-hydrogen) atoms. The first kappa shape index (κ1) is 15.6. The Kier molecular flexibility index (Phi) is 5.87. The quantitative estimate of drug-likeness (QED) is 0.780. The van der Waals surface area contributed by atoms with Crippen LogP contribution in [0.25, 0.3) is 0 Å². The number of aromatic hydroxyl groups is 1. The van der Waals surface area contributed by atoms with Gasteiger partial charge in [0.2, 0.25) is 5.91 Å². The largest absolute Gasteiger partial charge is 0.506 e. The van der Waals surface area contributed by atoms with Crippen molar-refractivity contribution < 1.29 is 9.90 Å². The molecule has 1 heterocycles. The van der Waals surface area contributed by atoms with Crippen LogP contribution in [0, 0.1) is 0 Å². The van der Waals surface area contributed by atoms with E-state index in [2.05, 4.69) is 4.90 Å². The van der Waals surface area contributed by atoms with Gasteiger partial charge < -0.3 is 20.6 Å². The molecule has 0 atom stereocenters. The molecule has 1 aromatic carbocycles. The third kappa shape index (κ3) is 4.36. The maximum atomic E-state index is 12.1. The molecule has 1 saturated heterocycles. The van der Waals surface area contributed by atoms with Gasteiger partial charge in [-0.2, -0.15) is 0 Å². The van der Waals surface area contributed by atoms with E-state index in [9.17, 15) is 9.90 Å². The van der Waals surface area contributed by atoms with Gasteiger partial charge in [0, 0.05) is 32.6 Å². The Labute approximate surface area is 126 Å². The van der Waals surface area contributed by atoms with E-state index < -0.39 is 0 Å². The van der Waals surface area contributed by atoms with E-state index in [1.54, 1.807) is 6.07 Å². The van der Waals surface area contributed by atoms with Crippen molar-refractivity contribution in [3.05, 3.63) is 24.3 Å². The van der Waals surface area contributed by atoms with E-state index >= 15 is 0 Å². The normalized spacial score (nSPS) is 15.3. The first-order valence-corrected chi connectivity index (χ1v) is 7.73. The maximum Gasteiger partial charge on any atom is 0.222 e. The van der Waals surface area contributed by atoms with Gasteiger partial charge in [-0.25, -0.2) is 0 Å². The molecule has 3 N–H and O–H groups in total. The number of rotatable bonds is 6. The number of piperazine rings is 1. The number of amides is 1. The number of nitrogens with zero attached hydrogens (tertiary/aromatic N) is 2. The first-order valence-electron chi connectivity index (χ1n) is 7.73. The summed E-state index contributed by atoms with van der Waals surface area (Å²) in [6.45, 7) is 3.69. The molecule has 1 aromatic rings. The summed E-state index contributed by atoms with van der Waals surface area (Å²) in [4.78, 5) is 16.2. The van der Waals surface area contributed by atoms with E-state index in [-0.39, 0.29) is 5.91 Å². The lowest BCUT2D eigenvalue weighted by Crippen LogP contribution is -2.48. The molecule has 1 fully saturated rings. The highest BCUT2D eigenvalue weighted by atomic mass is 16.3. The summed E-state index contributed by atoms with van der Waals surface area (Å²) in [5.74, 6) is 0.544. The number of phenols is 1. The summed E-state index contributed by atoms with van der Waals surface area (Å²) in [7, 11) is 0. The van der Waals surface area contributed by atoms with E-state index in [1.165, 1.54) is 0 Å². The number of hydrogen-bond donors (Lipinski definition) is 2. The van der Waals surface area contributed by atoms with Crippen LogP contribution in [-0.2, 0) is 4.79 Å². The van der Waals surface area contributed by atoms with Crippen molar-refractivity contribution in [3.63, 3.8) is 0 Å². The molecule has 116 valence electrons. The molecule has 0 bridgehead atoms. The number of phenolic OH excluding ortho intramolecular Hbond substituents is 1. The molecule has 1 aliphatic rings. The van der Waals surface area contributed by atoms with Crippen LogP contribution >= 0.6 is 0 Å². The number of benzene rings is 1. The van der Waals surface area contributed by atoms with E-state index in [4.69, 9.17) is 5.73 Å². The zero-order valence-electron chi connectivity index (χ0n) is 12.5.